The molecule has 23 heavy (non-hydrogen) atoms. The van der Waals surface area contributed by atoms with Crippen LogP contribution in [0.4, 0.5) is 5.82 Å². The summed E-state index contributed by atoms with van der Waals surface area (Å²) in [6.45, 7) is 7.27. The summed E-state index contributed by atoms with van der Waals surface area (Å²) < 4.78 is 10.2. The number of rotatable bonds is 5. The number of nitrogens with zero attached hydrogens (tertiary/aromatic N) is 1. The molecule has 1 N–H and O–H groups in total. The quantitative estimate of drug-likeness (QED) is 0.857. The van der Waals surface area contributed by atoms with E-state index in [4.69, 9.17) is 9.26 Å². The topological polar surface area (TPSA) is 81.4 Å². The van der Waals surface area contributed by atoms with Gasteiger partial charge in [0.2, 0.25) is 0 Å². The molecule has 122 valence electrons. The minimum Gasteiger partial charge on any atom is -0.449 e. The number of carbonyl (C=O) groups excluding carboxylic acids is 2. The molecule has 1 aromatic carbocycles. The van der Waals surface area contributed by atoms with Gasteiger partial charge in [0, 0.05) is 6.07 Å². The molecule has 0 unspecified atom stereocenters. The lowest BCUT2D eigenvalue weighted by Crippen LogP contribution is -2.32. The number of anilines is 1. The number of nitrogens with one attached hydrogen (secondary N) is 1. The Kier molecular flexibility index (Phi) is 5.16. The minimum absolute atomic E-state index is 0.300. The number of hydrogen-bond acceptors (Lipinski definition) is 5. The summed E-state index contributed by atoms with van der Waals surface area (Å²) in [6.07, 6.45) is -0.529. The molecule has 2 rings (SSSR count). The van der Waals surface area contributed by atoms with Gasteiger partial charge >= 0.3 is 5.97 Å². The third-order valence-corrected chi connectivity index (χ3v) is 3.62. The van der Waals surface area contributed by atoms with Crippen molar-refractivity contribution in [3.8, 4) is 0 Å². The summed E-state index contributed by atoms with van der Waals surface area (Å²) in [5.41, 5.74) is 2.31. The average molecular weight is 316 g/mol. The SMILES string of the molecule is CC[C@@H](OC(=O)c1cccc(C)c1C)C(=O)Nc1cc(C)on1. The van der Waals surface area contributed by atoms with E-state index < -0.39 is 18.0 Å². The lowest BCUT2D eigenvalue weighted by Gasteiger charge is -2.16. The molecule has 6 nitrogen and oxygen atoms in total. The predicted octanol–water partition coefficient (Wildman–Crippen LogP) is 3.17. The van der Waals surface area contributed by atoms with Crippen LogP contribution < -0.4 is 5.32 Å². The second-order valence-corrected chi connectivity index (χ2v) is 5.36. The number of amides is 1. The van der Waals surface area contributed by atoms with Crippen LogP contribution in [-0.4, -0.2) is 23.1 Å². The Morgan fingerprint density at radius 1 is 1.30 bits per heavy atom. The van der Waals surface area contributed by atoms with Gasteiger partial charge in [-0.05, 0) is 44.4 Å². The molecule has 0 saturated heterocycles. The van der Waals surface area contributed by atoms with Crippen molar-refractivity contribution < 1.29 is 18.8 Å². The first-order valence-corrected chi connectivity index (χ1v) is 7.43. The Morgan fingerprint density at radius 3 is 2.65 bits per heavy atom. The normalized spacial score (nSPS) is 11.8. The average Bonchev–Trinajstić information content (AvgIpc) is 2.92. The molecule has 0 aliphatic heterocycles. The molecule has 0 fully saturated rings. The highest BCUT2D eigenvalue weighted by atomic mass is 16.5. The van der Waals surface area contributed by atoms with Gasteiger partial charge in [0.1, 0.15) is 5.76 Å². The lowest BCUT2D eigenvalue weighted by atomic mass is 10.0. The van der Waals surface area contributed by atoms with Crippen LogP contribution in [0, 0.1) is 20.8 Å². The second kappa shape index (κ2) is 7.09. The zero-order chi connectivity index (χ0) is 17.0. The number of ether oxygens (including phenoxy) is 1. The fourth-order valence-corrected chi connectivity index (χ4v) is 2.12. The van der Waals surface area contributed by atoms with Crippen LogP contribution in [0.1, 0.15) is 40.6 Å². The second-order valence-electron chi connectivity index (χ2n) is 5.36. The van der Waals surface area contributed by atoms with Gasteiger partial charge in [0.15, 0.2) is 11.9 Å². The number of aromatic nitrogens is 1. The van der Waals surface area contributed by atoms with Crippen molar-refractivity contribution >= 4 is 17.7 Å². The number of esters is 1. The van der Waals surface area contributed by atoms with E-state index in [2.05, 4.69) is 10.5 Å². The highest BCUT2D eigenvalue weighted by molar-refractivity contribution is 5.97. The fraction of sp³-hybridized carbons (Fsp3) is 0.353. The molecule has 2 aromatic rings. The first-order valence-electron chi connectivity index (χ1n) is 7.43. The summed E-state index contributed by atoms with van der Waals surface area (Å²) >= 11 is 0. The van der Waals surface area contributed by atoms with E-state index >= 15 is 0 Å². The summed E-state index contributed by atoms with van der Waals surface area (Å²) in [5.74, 6) is -0.0570. The van der Waals surface area contributed by atoms with Crippen LogP contribution in [0.15, 0.2) is 28.8 Å². The van der Waals surface area contributed by atoms with Gasteiger partial charge in [-0.3, -0.25) is 4.79 Å². The third-order valence-electron chi connectivity index (χ3n) is 3.62. The Labute approximate surface area is 134 Å². The van der Waals surface area contributed by atoms with E-state index in [1.54, 1.807) is 32.0 Å². The van der Waals surface area contributed by atoms with E-state index in [0.717, 1.165) is 11.1 Å². The monoisotopic (exact) mass is 316 g/mol. The van der Waals surface area contributed by atoms with E-state index in [1.807, 2.05) is 19.9 Å². The lowest BCUT2D eigenvalue weighted by molar-refractivity contribution is -0.124. The van der Waals surface area contributed by atoms with Crippen molar-refractivity contribution in [1.29, 1.82) is 0 Å². The highest BCUT2D eigenvalue weighted by Crippen LogP contribution is 2.16. The zero-order valence-electron chi connectivity index (χ0n) is 13.7. The van der Waals surface area contributed by atoms with Crippen molar-refractivity contribution in [1.82, 2.24) is 5.16 Å². The van der Waals surface area contributed by atoms with Gasteiger partial charge in [-0.1, -0.05) is 24.2 Å². The van der Waals surface area contributed by atoms with Gasteiger partial charge in [-0.15, -0.1) is 0 Å². The van der Waals surface area contributed by atoms with E-state index in [-0.39, 0.29) is 0 Å². The Morgan fingerprint density at radius 2 is 2.04 bits per heavy atom. The Bertz CT molecular complexity index is 721. The number of hydrogen-bond donors (Lipinski definition) is 1. The van der Waals surface area contributed by atoms with Crippen LogP contribution in [0.3, 0.4) is 0 Å². The molecule has 6 heteroatoms. The molecule has 0 saturated carbocycles. The van der Waals surface area contributed by atoms with Crippen molar-refractivity contribution in [3.63, 3.8) is 0 Å². The highest BCUT2D eigenvalue weighted by Gasteiger charge is 2.23. The first-order chi connectivity index (χ1) is 10.9. The molecule has 1 atom stereocenters. The van der Waals surface area contributed by atoms with Crippen LogP contribution in [0.25, 0.3) is 0 Å². The zero-order valence-corrected chi connectivity index (χ0v) is 13.7. The maximum Gasteiger partial charge on any atom is 0.339 e. The van der Waals surface area contributed by atoms with Crippen LogP contribution in [0.2, 0.25) is 0 Å². The summed E-state index contributed by atoms with van der Waals surface area (Å²) in [5, 5.41) is 6.26. The molecular formula is C17H20N2O4. The maximum absolute atomic E-state index is 12.3. The van der Waals surface area contributed by atoms with Gasteiger partial charge in [0.25, 0.3) is 5.91 Å². The van der Waals surface area contributed by atoms with Gasteiger partial charge in [0.05, 0.1) is 5.56 Å². The fourth-order valence-electron chi connectivity index (χ4n) is 2.12. The molecule has 1 aromatic heterocycles. The molecule has 0 aliphatic carbocycles. The summed E-state index contributed by atoms with van der Waals surface area (Å²) in [6, 6.07) is 6.99. The van der Waals surface area contributed by atoms with Crippen molar-refractivity contribution in [2.24, 2.45) is 0 Å². The van der Waals surface area contributed by atoms with E-state index in [1.165, 1.54) is 0 Å². The van der Waals surface area contributed by atoms with E-state index in [9.17, 15) is 9.59 Å². The van der Waals surface area contributed by atoms with Crippen molar-refractivity contribution in [3.05, 3.63) is 46.7 Å². The molecular weight excluding hydrogens is 296 g/mol. The molecule has 1 amide bonds. The number of aryl methyl sites for hydroxylation is 2. The Balaban J connectivity index is 2.07. The first kappa shape index (κ1) is 16.7. The van der Waals surface area contributed by atoms with Crippen molar-refractivity contribution in [2.45, 2.75) is 40.2 Å². The van der Waals surface area contributed by atoms with E-state index in [0.29, 0.717) is 23.6 Å². The molecule has 0 aliphatic rings. The predicted molar refractivity (Wildman–Crippen MR) is 85.3 cm³/mol. The molecule has 0 radical (unpaired) electrons. The minimum atomic E-state index is -0.889. The third kappa shape index (κ3) is 3.97. The molecule has 1 heterocycles. The smallest absolute Gasteiger partial charge is 0.339 e. The largest absolute Gasteiger partial charge is 0.449 e. The van der Waals surface area contributed by atoms with Crippen LogP contribution >= 0.6 is 0 Å². The number of carbonyl (C=O) groups is 2. The molecule has 0 spiro atoms. The maximum atomic E-state index is 12.3. The molecule has 0 bridgehead atoms. The van der Waals surface area contributed by atoms with Gasteiger partial charge < -0.3 is 14.6 Å². The van der Waals surface area contributed by atoms with Crippen LogP contribution in [0.5, 0.6) is 0 Å². The Hall–Kier alpha value is -2.63. The number of benzene rings is 1. The van der Waals surface area contributed by atoms with Crippen LogP contribution in [-0.2, 0) is 9.53 Å². The van der Waals surface area contributed by atoms with Gasteiger partial charge in [-0.25, -0.2) is 4.79 Å². The summed E-state index contributed by atoms with van der Waals surface area (Å²) in [7, 11) is 0. The van der Waals surface area contributed by atoms with Gasteiger partial charge in [-0.2, -0.15) is 0 Å². The summed E-state index contributed by atoms with van der Waals surface area (Å²) in [4.78, 5) is 24.5. The van der Waals surface area contributed by atoms with Crippen molar-refractivity contribution in [2.75, 3.05) is 5.32 Å². The standard InChI is InChI=1S/C17H20N2O4/c1-5-14(16(20)18-15-9-11(3)23-19-15)22-17(21)13-8-6-7-10(2)12(13)4/h6-9,14H,5H2,1-4H3,(H,18,19,20)/t14-/m1/s1.